The molecule has 63 heavy (non-hydrogen) atoms. The zero-order valence-electron chi connectivity index (χ0n) is 39.2. The molecule has 0 aliphatic carbocycles. The zero-order chi connectivity index (χ0) is 46.7. The van der Waals surface area contributed by atoms with Crippen LogP contribution in [0, 0.1) is 0 Å². The highest BCUT2D eigenvalue weighted by molar-refractivity contribution is 7.25. The van der Waals surface area contributed by atoms with Crippen molar-refractivity contribution in [3.63, 3.8) is 0 Å². The quantitative estimate of drug-likeness (QED) is 0.167. The van der Waals surface area contributed by atoms with Gasteiger partial charge in [-0.2, -0.15) is 0 Å². The van der Waals surface area contributed by atoms with Crippen molar-refractivity contribution in [2.24, 2.45) is 0 Å². The Morgan fingerprint density at radius 2 is 0.952 bits per heavy atom. The van der Waals surface area contributed by atoms with Crippen LogP contribution in [-0.2, 0) is 0 Å². The molecule has 9 aromatic carbocycles. The summed E-state index contributed by atoms with van der Waals surface area (Å²) in [4.78, 5) is 14.7. The van der Waals surface area contributed by atoms with Crippen LogP contribution in [0.5, 0.6) is 0 Å². The van der Waals surface area contributed by atoms with Gasteiger partial charge in [0.1, 0.15) is 22.3 Å². The van der Waals surface area contributed by atoms with Gasteiger partial charge < -0.3 is 8.83 Å². The number of benzene rings is 9. The highest BCUT2D eigenvalue weighted by Gasteiger charge is 2.19. The number of aromatic nitrogens is 3. The third-order valence-electron chi connectivity index (χ3n) is 11.6. The predicted molar refractivity (Wildman–Crippen MR) is 260 cm³/mol. The van der Waals surface area contributed by atoms with E-state index in [1.165, 1.54) is 0 Å². The molecular weight excluding hydrogens is 791 g/mol. The number of thiophene rings is 1. The van der Waals surface area contributed by atoms with E-state index in [4.69, 9.17) is 26.5 Å². The maximum Gasteiger partial charge on any atom is 0.164 e. The van der Waals surface area contributed by atoms with Gasteiger partial charge in [-0.25, -0.2) is 15.0 Å². The Morgan fingerprint density at radius 3 is 1.75 bits per heavy atom. The van der Waals surface area contributed by atoms with Crippen molar-refractivity contribution < 1.29 is 17.1 Å². The van der Waals surface area contributed by atoms with E-state index in [1.54, 1.807) is 11.3 Å². The van der Waals surface area contributed by atoms with Crippen LogP contribution in [0.15, 0.2) is 209 Å². The van der Waals surface area contributed by atoms with Gasteiger partial charge in [0.05, 0.1) is 8.22 Å². The minimum atomic E-state index is -0.347. The van der Waals surface area contributed by atoms with Gasteiger partial charge in [-0.05, 0) is 64.6 Å². The van der Waals surface area contributed by atoms with Crippen LogP contribution < -0.4 is 0 Å². The third kappa shape index (κ3) is 5.95. The van der Waals surface area contributed by atoms with Crippen molar-refractivity contribution in [2.45, 2.75) is 0 Å². The number of rotatable bonds is 6. The summed E-state index contributed by atoms with van der Waals surface area (Å²) in [5, 5.41) is 4.31. The fraction of sp³-hybridized carbons (Fsp3) is 0. The van der Waals surface area contributed by atoms with Crippen LogP contribution in [0.1, 0.15) is 8.22 Å². The molecule has 0 aliphatic heterocycles. The number of nitrogens with zero attached hydrogens (tertiary/aromatic N) is 3. The first-order valence-corrected chi connectivity index (χ1v) is 21.3. The summed E-state index contributed by atoms with van der Waals surface area (Å²) < 4.78 is 71.5. The Hall–Kier alpha value is -8.19. The summed E-state index contributed by atoms with van der Waals surface area (Å²) in [7, 11) is 0. The molecule has 4 aromatic heterocycles. The van der Waals surface area contributed by atoms with Crippen molar-refractivity contribution in [3.8, 4) is 67.5 Å². The van der Waals surface area contributed by atoms with E-state index in [9.17, 15) is 5.48 Å². The summed E-state index contributed by atoms with van der Waals surface area (Å²) in [6.07, 6.45) is 0. The van der Waals surface area contributed by atoms with Crippen molar-refractivity contribution in [3.05, 3.63) is 200 Å². The lowest BCUT2D eigenvalue weighted by atomic mass is 9.99. The second-order valence-corrected chi connectivity index (χ2v) is 16.5. The molecule has 6 heteroatoms. The smallest absolute Gasteiger partial charge is 0.164 e. The van der Waals surface area contributed by atoms with Crippen molar-refractivity contribution in [1.82, 2.24) is 15.0 Å². The molecule has 5 nitrogen and oxygen atoms in total. The molecule has 0 saturated heterocycles. The fourth-order valence-electron chi connectivity index (χ4n) is 8.58. The number of furan rings is 2. The molecule has 0 amide bonds. The van der Waals surface area contributed by atoms with E-state index < -0.39 is 0 Å². The first-order chi connectivity index (χ1) is 33.7. The highest BCUT2D eigenvalue weighted by Crippen LogP contribution is 2.42. The van der Waals surface area contributed by atoms with Gasteiger partial charge in [-0.3, -0.25) is 0 Å². The Morgan fingerprint density at radius 1 is 0.349 bits per heavy atom. The molecule has 0 fully saturated rings. The lowest BCUT2D eigenvalue weighted by Gasteiger charge is -2.10. The topological polar surface area (TPSA) is 65.0 Å². The average molecular weight is 830 g/mol. The molecule has 13 aromatic rings. The maximum atomic E-state index is 9.62. The van der Waals surface area contributed by atoms with Gasteiger partial charge in [0, 0.05) is 69.5 Å². The van der Waals surface area contributed by atoms with Gasteiger partial charge in [0.25, 0.3) is 0 Å². The summed E-state index contributed by atoms with van der Waals surface area (Å²) in [6, 6.07) is 52.0. The van der Waals surface area contributed by atoms with Crippen LogP contribution in [-0.4, -0.2) is 15.0 Å². The van der Waals surface area contributed by atoms with E-state index >= 15 is 0 Å². The van der Waals surface area contributed by atoms with Crippen LogP contribution in [0.25, 0.3) is 132 Å². The van der Waals surface area contributed by atoms with E-state index in [0.29, 0.717) is 22.5 Å². The largest absolute Gasteiger partial charge is 0.456 e. The minimum Gasteiger partial charge on any atom is -0.456 e. The fourth-order valence-corrected chi connectivity index (χ4v) is 9.73. The number of hydrogen-bond acceptors (Lipinski definition) is 6. The van der Waals surface area contributed by atoms with E-state index in [2.05, 4.69) is 42.5 Å². The summed E-state index contributed by atoms with van der Waals surface area (Å²) in [6.45, 7) is 0. The van der Waals surface area contributed by atoms with Crippen LogP contribution >= 0.6 is 11.3 Å². The Kier molecular flexibility index (Phi) is 6.75. The van der Waals surface area contributed by atoms with Gasteiger partial charge in [0.15, 0.2) is 17.5 Å². The molecule has 0 atom stereocenters. The summed E-state index contributed by atoms with van der Waals surface area (Å²) in [5.74, 6) is 0.559. The molecule has 0 radical (unpaired) electrons. The van der Waals surface area contributed by atoms with Gasteiger partial charge in [-0.1, -0.05) is 158 Å². The van der Waals surface area contributed by atoms with Crippen molar-refractivity contribution in [2.75, 3.05) is 0 Å². The molecule has 4 heterocycles. The highest BCUT2D eigenvalue weighted by atomic mass is 32.1. The molecule has 0 N–H and O–H groups in total. The summed E-state index contributed by atoms with van der Waals surface area (Å²) in [5.41, 5.74) is 7.18. The number of hydrogen-bond donors (Lipinski definition) is 0. The predicted octanol–water partition coefficient (Wildman–Crippen LogP) is 16.0. The maximum absolute atomic E-state index is 9.62. The second-order valence-electron chi connectivity index (χ2n) is 15.4. The molecule has 0 unspecified atom stereocenters. The van der Waals surface area contributed by atoms with E-state index in [-0.39, 0.29) is 81.0 Å². The molecular formula is C57H33N3O2S. The molecule has 0 saturated carbocycles. The number of para-hydroxylation sites is 2. The van der Waals surface area contributed by atoms with Crippen molar-refractivity contribution in [1.29, 1.82) is 0 Å². The van der Waals surface area contributed by atoms with Gasteiger partial charge in [-0.15, -0.1) is 11.3 Å². The SMILES string of the molecule is [2H]c1c(-c2ccc3c(c2)sc2ccccc23)c([2H])c2c(oc3c([2H])c(-c4nc(-c5ccccc5)nc(-c5cccc(-c6cccc7c6oc6c(-c8ccccc8)cccc67)c5)n4)c([2H])c([2H])c32)c1[2H]. The number of fused-ring (bicyclic) bond motifs is 9. The lowest BCUT2D eigenvalue weighted by molar-refractivity contribution is 0.669. The normalized spacial score (nSPS) is 13.1. The third-order valence-corrected chi connectivity index (χ3v) is 12.7. The summed E-state index contributed by atoms with van der Waals surface area (Å²) >= 11 is 1.61. The Balaban J connectivity index is 0.971. The minimum absolute atomic E-state index is 0.0151. The van der Waals surface area contributed by atoms with Crippen LogP contribution in [0.2, 0.25) is 0 Å². The lowest BCUT2D eigenvalue weighted by Crippen LogP contribution is -2.00. The molecule has 294 valence electrons. The van der Waals surface area contributed by atoms with Crippen molar-refractivity contribution >= 4 is 75.4 Å². The Bertz CT molecular complexity index is 4280. The zero-order valence-corrected chi connectivity index (χ0v) is 34.0. The van der Waals surface area contributed by atoms with Crippen LogP contribution in [0.3, 0.4) is 0 Å². The second kappa shape index (κ2) is 14.2. The Labute approximate surface area is 373 Å². The monoisotopic (exact) mass is 829 g/mol. The molecule has 0 spiro atoms. The van der Waals surface area contributed by atoms with Gasteiger partial charge in [0.2, 0.25) is 0 Å². The first kappa shape index (κ1) is 29.9. The van der Waals surface area contributed by atoms with Crippen LogP contribution in [0.4, 0.5) is 0 Å². The van der Waals surface area contributed by atoms with E-state index in [0.717, 1.165) is 64.4 Å². The van der Waals surface area contributed by atoms with E-state index in [1.807, 2.05) is 121 Å². The average Bonchev–Trinajstić information content (AvgIpc) is 4.10. The molecule has 0 bridgehead atoms. The van der Waals surface area contributed by atoms with Gasteiger partial charge >= 0.3 is 0 Å². The molecule has 13 rings (SSSR count). The molecule has 0 aliphatic rings. The first-order valence-electron chi connectivity index (χ1n) is 23.5. The standard InChI is InChI=1S/C57H33N3O2S/c1-3-12-34(13-4-1)41-19-10-21-46-47-22-11-20-42(54(47)62-53(41)46)38-16-9-17-39(30-38)56-58-55(35-14-5-2-6-15-35)59-57(60-56)40-25-27-43-48-31-36(26-29-49(48)61-50(43)32-40)37-24-28-45-44-18-7-8-23-51(44)63-52(45)33-37/h1-33H/i25D,26D,27D,29D,31D,32D.